The average Bonchev–Trinajstić information content (AvgIpc) is 2.41. The van der Waals surface area contributed by atoms with Crippen LogP contribution in [0.5, 0.6) is 5.75 Å². The molecule has 0 saturated heterocycles. The van der Waals surface area contributed by atoms with Crippen molar-refractivity contribution in [3.8, 4) is 17.6 Å². The minimum Gasteiger partial charge on any atom is -0.490 e. The summed E-state index contributed by atoms with van der Waals surface area (Å²) in [5, 5.41) is 0. The highest BCUT2D eigenvalue weighted by atomic mass is 35.5. The molecule has 0 spiro atoms. The maximum absolute atomic E-state index is 13.2. The molecular formula is C15H18ClFO2. The predicted octanol–water partition coefficient (Wildman–Crippen LogP) is 3.61. The van der Waals surface area contributed by atoms with Crippen molar-refractivity contribution in [1.82, 2.24) is 0 Å². The largest absolute Gasteiger partial charge is 0.490 e. The van der Waals surface area contributed by atoms with Crippen LogP contribution in [0.2, 0.25) is 0 Å². The number of ether oxygens (including phenoxy) is 2. The van der Waals surface area contributed by atoms with Gasteiger partial charge in [0.25, 0.3) is 0 Å². The third kappa shape index (κ3) is 6.47. The Morgan fingerprint density at radius 3 is 2.84 bits per heavy atom. The van der Waals surface area contributed by atoms with Gasteiger partial charge in [-0.2, -0.15) is 0 Å². The Hall–Kier alpha value is -1.24. The summed E-state index contributed by atoms with van der Waals surface area (Å²) in [6.45, 7) is 3.70. The van der Waals surface area contributed by atoms with Crippen LogP contribution >= 0.6 is 11.6 Å². The molecule has 19 heavy (non-hydrogen) atoms. The van der Waals surface area contributed by atoms with Crippen LogP contribution in [0.25, 0.3) is 0 Å². The molecule has 0 heterocycles. The summed E-state index contributed by atoms with van der Waals surface area (Å²) in [6.07, 6.45) is 1.54. The van der Waals surface area contributed by atoms with Gasteiger partial charge in [-0.15, -0.1) is 11.6 Å². The number of rotatable bonds is 7. The summed E-state index contributed by atoms with van der Waals surface area (Å²) >= 11 is 5.55. The zero-order valence-electron chi connectivity index (χ0n) is 11.0. The third-order valence-corrected chi connectivity index (χ3v) is 2.41. The first-order chi connectivity index (χ1) is 9.27. The molecule has 0 atom stereocenters. The highest BCUT2D eigenvalue weighted by molar-refractivity contribution is 6.18. The van der Waals surface area contributed by atoms with Crippen LogP contribution in [0.3, 0.4) is 0 Å². The van der Waals surface area contributed by atoms with Crippen molar-refractivity contribution in [2.75, 3.05) is 25.7 Å². The number of hydrogen-bond donors (Lipinski definition) is 0. The maximum Gasteiger partial charge on any atom is 0.135 e. The Balaban J connectivity index is 2.59. The lowest BCUT2D eigenvalue weighted by molar-refractivity contribution is 0.100. The molecule has 0 aromatic heterocycles. The van der Waals surface area contributed by atoms with E-state index in [0.717, 1.165) is 13.0 Å². The first-order valence-corrected chi connectivity index (χ1v) is 6.86. The Kier molecular flexibility index (Phi) is 8.04. The minimum absolute atomic E-state index is 0.329. The van der Waals surface area contributed by atoms with E-state index in [4.69, 9.17) is 21.1 Å². The highest BCUT2D eigenvalue weighted by Gasteiger charge is 2.03. The molecule has 0 aliphatic heterocycles. The van der Waals surface area contributed by atoms with Crippen LogP contribution in [0.15, 0.2) is 18.2 Å². The van der Waals surface area contributed by atoms with Crippen molar-refractivity contribution < 1.29 is 13.9 Å². The van der Waals surface area contributed by atoms with Gasteiger partial charge in [0.1, 0.15) is 18.2 Å². The Morgan fingerprint density at radius 2 is 2.11 bits per heavy atom. The van der Waals surface area contributed by atoms with Crippen molar-refractivity contribution in [2.45, 2.75) is 19.8 Å². The molecule has 0 aliphatic rings. The van der Waals surface area contributed by atoms with Crippen LogP contribution < -0.4 is 4.74 Å². The number of alkyl halides is 1. The molecule has 4 heteroatoms. The van der Waals surface area contributed by atoms with Gasteiger partial charge in [-0.1, -0.05) is 18.8 Å². The van der Waals surface area contributed by atoms with E-state index in [0.29, 0.717) is 36.8 Å². The van der Waals surface area contributed by atoms with Crippen molar-refractivity contribution in [3.05, 3.63) is 29.6 Å². The summed E-state index contributed by atoms with van der Waals surface area (Å²) in [6, 6.07) is 4.30. The van der Waals surface area contributed by atoms with Gasteiger partial charge in [0, 0.05) is 18.9 Å². The van der Waals surface area contributed by atoms with Crippen LogP contribution in [-0.2, 0) is 4.74 Å². The van der Waals surface area contributed by atoms with Crippen molar-refractivity contribution >= 4 is 11.6 Å². The third-order valence-electron chi connectivity index (χ3n) is 2.22. The van der Waals surface area contributed by atoms with E-state index in [-0.39, 0.29) is 5.82 Å². The summed E-state index contributed by atoms with van der Waals surface area (Å²) in [7, 11) is 0. The van der Waals surface area contributed by atoms with Gasteiger partial charge < -0.3 is 9.47 Å². The van der Waals surface area contributed by atoms with Gasteiger partial charge in [-0.05, 0) is 24.6 Å². The molecule has 0 N–H and O–H groups in total. The van der Waals surface area contributed by atoms with Crippen molar-refractivity contribution in [2.24, 2.45) is 0 Å². The smallest absolute Gasteiger partial charge is 0.135 e. The summed E-state index contributed by atoms with van der Waals surface area (Å²) in [5.41, 5.74) is 0.542. The molecule has 0 amide bonds. The lowest BCUT2D eigenvalue weighted by atomic mass is 10.2. The molecule has 0 aliphatic carbocycles. The average molecular weight is 285 g/mol. The second-order valence-electron chi connectivity index (χ2n) is 3.84. The number of halogens is 2. The Bertz CT molecular complexity index is 438. The van der Waals surface area contributed by atoms with Gasteiger partial charge in [0.05, 0.1) is 12.2 Å². The molecule has 1 aromatic rings. The molecular weight excluding hydrogens is 267 g/mol. The van der Waals surface area contributed by atoms with Crippen molar-refractivity contribution in [3.63, 3.8) is 0 Å². The quantitative estimate of drug-likeness (QED) is 0.433. The van der Waals surface area contributed by atoms with E-state index in [9.17, 15) is 4.39 Å². The normalized spacial score (nSPS) is 9.84. The molecule has 1 aromatic carbocycles. The van der Waals surface area contributed by atoms with E-state index in [1.54, 1.807) is 6.07 Å². The monoisotopic (exact) mass is 284 g/mol. The van der Waals surface area contributed by atoms with Crippen LogP contribution in [0, 0.1) is 17.7 Å². The Labute approximate surface area is 118 Å². The molecule has 0 saturated carbocycles. The zero-order valence-corrected chi connectivity index (χ0v) is 11.8. The fraction of sp³-hybridized carbons (Fsp3) is 0.467. The van der Waals surface area contributed by atoms with Crippen molar-refractivity contribution in [1.29, 1.82) is 0 Å². The van der Waals surface area contributed by atoms with Gasteiger partial charge in [0.15, 0.2) is 0 Å². The van der Waals surface area contributed by atoms with Gasteiger partial charge >= 0.3 is 0 Å². The summed E-state index contributed by atoms with van der Waals surface area (Å²) in [4.78, 5) is 0. The Morgan fingerprint density at radius 1 is 1.26 bits per heavy atom. The SMILES string of the molecule is CCCOCCOc1ccc(F)cc1C#CCCCl. The molecule has 104 valence electrons. The predicted molar refractivity (Wildman–Crippen MR) is 75.2 cm³/mol. The van der Waals surface area contributed by atoms with E-state index < -0.39 is 0 Å². The number of benzene rings is 1. The summed E-state index contributed by atoms with van der Waals surface area (Å²) < 4.78 is 24.0. The lowest BCUT2D eigenvalue weighted by Gasteiger charge is -2.08. The van der Waals surface area contributed by atoms with Gasteiger partial charge in [-0.3, -0.25) is 0 Å². The van der Waals surface area contributed by atoms with E-state index in [1.165, 1.54) is 12.1 Å². The molecule has 0 fully saturated rings. The van der Waals surface area contributed by atoms with E-state index in [1.807, 2.05) is 6.92 Å². The fourth-order valence-corrected chi connectivity index (χ4v) is 1.48. The maximum atomic E-state index is 13.2. The highest BCUT2D eigenvalue weighted by Crippen LogP contribution is 2.18. The fourth-order valence-electron chi connectivity index (χ4n) is 1.39. The van der Waals surface area contributed by atoms with Crippen LogP contribution in [0.1, 0.15) is 25.3 Å². The first-order valence-electron chi connectivity index (χ1n) is 6.33. The molecule has 0 unspecified atom stereocenters. The molecule has 1 rings (SSSR count). The van der Waals surface area contributed by atoms with Crippen LogP contribution in [-0.4, -0.2) is 25.7 Å². The molecule has 2 nitrogen and oxygen atoms in total. The second-order valence-corrected chi connectivity index (χ2v) is 4.22. The van der Waals surface area contributed by atoms with Gasteiger partial charge in [0.2, 0.25) is 0 Å². The second kappa shape index (κ2) is 9.66. The lowest BCUT2D eigenvalue weighted by Crippen LogP contribution is -2.08. The summed E-state index contributed by atoms with van der Waals surface area (Å²) in [5.74, 6) is 6.44. The molecule has 0 radical (unpaired) electrons. The molecule has 0 bridgehead atoms. The van der Waals surface area contributed by atoms with E-state index >= 15 is 0 Å². The minimum atomic E-state index is -0.329. The van der Waals surface area contributed by atoms with Crippen LogP contribution in [0.4, 0.5) is 4.39 Å². The topological polar surface area (TPSA) is 18.5 Å². The van der Waals surface area contributed by atoms with E-state index in [2.05, 4.69) is 11.8 Å². The zero-order chi connectivity index (χ0) is 13.9. The standard InChI is InChI=1S/C15H18ClFO2/c1-2-9-18-10-11-19-15-7-6-14(17)12-13(15)5-3-4-8-16/h6-7,12H,2,4,8-11H2,1H3. The number of hydrogen-bond acceptors (Lipinski definition) is 2. The first kappa shape index (κ1) is 15.8. The van der Waals surface area contributed by atoms with Gasteiger partial charge in [-0.25, -0.2) is 4.39 Å².